The summed E-state index contributed by atoms with van der Waals surface area (Å²) in [4.78, 5) is 26.2. The summed E-state index contributed by atoms with van der Waals surface area (Å²) in [6.45, 7) is 2.50. The fraction of sp³-hybridized carbons (Fsp3) is 0.562. The van der Waals surface area contributed by atoms with E-state index < -0.39 is 5.41 Å². The van der Waals surface area contributed by atoms with Gasteiger partial charge in [-0.25, -0.2) is 0 Å². The van der Waals surface area contributed by atoms with Gasteiger partial charge in [0.15, 0.2) is 0 Å². The Kier molecular flexibility index (Phi) is 10.5. The molecule has 2 amide bonds. The molecular weight excluding hydrogens is 605 g/mol. The highest BCUT2D eigenvalue weighted by Gasteiger charge is 2.42. The van der Waals surface area contributed by atoms with Gasteiger partial charge in [-0.3, -0.25) is 20.3 Å². The van der Waals surface area contributed by atoms with Crippen molar-refractivity contribution in [1.29, 1.82) is 0 Å². The van der Waals surface area contributed by atoms with Crippen molar-refractivity contribution in [3.05, 3.63) is 51.5 Å². The Morgan fingerprint density at radius 2 is 1.77 bits per heavy atom. The van der Waals surface area contributed by atoms with Crippen LogP contribution < -0.4 is 21.4 Å². The van der Waals surface area contributed by atoms with E-state index in [4.69, 9.17) is 35.6 Å². The molecule has 2 aromatic carbocycles. The smallest absolute Gasteiger partial charge is 0.253 e. The van der Waals surface area contributed by atoms with Crippen LogP contribution in [0.3, 0.4) is 0 Å². The summed E-state index contributed by atoms with van der Waals surface area (Å²) < 4.78 is 3.78. The van der Waals surface area contributed by atoms with Crippen LogP contribution in [0, 0.1) is 17.3 Å². The lowest BCUT2D eigenvalue weighted by Gasteiger charge is -2.39. The van der Waals surface area contributed by atoms with Gasteiger partial charge in [-0.15, -0.1) is 0 Å². The van der Waals surface area contributed by atoms with E-state index in [1.807, 2.05) is 12.1 Å². The Balaban J connectivity index is 1.17. The number of halogens is 2. The molecule has 0 saturated heterocycles. The molecule has 11 heteroatoms. The highest BCUT2D eigenvalue weighted by atomic mass is 35.5. The normalized spacial score (nSPS) is 25.7. The molecular formula is C32H41Cl2N5O3S. The quantitative estimate of drug-likeness (QED) is 0.168. The van der Waals surface area contributed by atoms with Crippen LogP contribution in [0.5, 0.6) is 0 Å². The molecule has 3 fully saturated rings. The van der Waals surface area contributed by atoms with E-state index in [1.54, 1.807) is 18.2 Å². The van der Waals surface area contributed by atoms with Gasteiger partial charge in [0.05, 0.1) is 32.7 Å². The van der Waals surface area contributed by atoms with Gasteiger partial charge in [0.1, 0.15) is 0 Å². The Bertz CT molecular complexity index is 1350. The van der Waals surface area contributed by atoms with Gasteiger partial charge in [0.2, 0.25) is 5.91 Å². The van der Waals surface area contributed by atoms with Crippen LogP contribution in [0.15, 0.2) is 34.7 Å². The zero-order valence-corrected chi connectivity index (χ0v) is 26.9. The molecule has 5 rings (SSSR count). The number of carbonyl (C=O) groups excluding carboxylic acids is 2. The lowest BCUT2D eigenvalue weighted by Crippen LogP contribution is -2.42. The van der Waals surface area contributed by atoms with Gasteiger partial charge in [-0.05, 0) is 86.6 Å². The fourth-order valence-corrected chi connectivity index (χ4v) is 7.98. The predicted molar refractivity (Wildman–Crippen MR) is 174 cm³/mol. The largest absolute Gasteiger partial charge is 0.381 e. The number of hydrogen-bond donors (Lipinski definition) is 5. The lowest BCUT2D eigenvalue weighted by atomic mass is 9.66. The van der Waals surface area contributed by atoms with Crippen molar-refractivity contribution in [2.45, 2.75) is 96.2 Å². The minimum atomic E-state index is -0.414. The second-order valence-electron chi connectivity index (χ2n) is 12.8. The third kappa shape index (κ3) is 7.62. The Morgan fingerprint density at radius 1 is 0.977 bits per heavy atom. The molecule has 0 heterocycles. The van der Waals surface area contributed by atoms with Crippen LogP contribution in [0.2, 0.25) is 10.0 Å². The van der Waals surface area contributed by atoms with Crippen molar-refractivity contribution in [2.75, 3.05) is 10.8 Å². The molecule has 0 spiro atoms. The van der Waals surface area contributed by atoms with E-state index in [1.165, 1.54) is 0 Å². The van der Waals surface area contributed by atoms with Crippen LogP contribution in [0.4, 0.5) is 17.1 Å². The topological polar surface area (TPSA) is 115 Å². The van der Waals surface area contributed by atoms with Crippen molar-refractivity contribution in [3.63, 3.8) is 0 Å². The molecule has 0 aromatic heterocycles. The maximum atomic E-state index is 13.4. The van der Waals surface area contributed by atoms with Gasteiger partial charge >= 0.3 is 0 Å². The Labute approximate surface area is 269 Å². The third-order valence-electron chi connectivity index (χ3n) is 9.79. The maximum Gasteiger partial charge on any atom is 0.253 e. The fourth-order valence-electron chi connectivity index (χ4n) is 7.37. The summed E-state index contributed by atoms with van der Waals surface area (Å²) in [6, 6.07) is 9.19. The van der Waals surface area contributed by atoms with Gasteiger partial charge in [0, 0.05) is 36.5 Å². The molecule has 2 aromatic rings. The van der Waals surface area contributed by atoms with Crippen molar-refractivity contribution in [3.8, 4) is 0 Å². The first-order valence-electron chi connectivity index (χ1n) is 15.4. The minimum absolute atomic E-state index is 0.0852. The molecule has 0 aliphatic heterocycles. The van der Waals surface area contributed by atoms with Crippen LogP contribution in [0.25, 0.3) is 0 Å². The molecule has 3 aliphatic carbocycles. The number of anilines is 2. The average Bonchev–Trinajstić information content (AvgIpc) is 3.69. The van der Waals surface area contributed by atoms with Gasteiger partial charge in [-0.2, -0.15) is 4.36 Å². The summed E-state index contributed by atoms with van der Waals surface area (Å²) in [7, 11) is 0. The monoisotopic (exact) mass is 645 g/mol. The van der Waals surface area contributed by atoms with Gasteiger partial charge < -0.3 is 16.0 Å². The molecule has 0 bridgehead atoms. The second-order valence-corrected chi connectivity index (χ2v) is 13.8. The number of carbonyl (C=O) groups is 2. The highest BCUT2D eigenvalue weighted by Crippen LogP contribution is 2.47. The molecule has 5 N–H and O–H groups in total. The molecule has 43 heavy (non-hydrogen) atoms. The molecule has 3 saturated carbocycles. The van der Waals surface area contributed by atoms with Gasteiger partial charge in [-0.1, -0.05) is 61.9 Å². The van der Waals surface area contributed by atoms with Crippen molar-refractivity contribution >= 4 is 64.5 Å². The molecule has 232 valence electrons. The number of hydrogen-bond acceptors (Lipinski definition) is 7. The first-order valence-corrected chi connectivity index (χ1v) is 16.5. The summed E-state index contributed by atoms with van der Waals surface area (Å²) in [5, 5.41) is 20.5. The Morgan fingerprint density at radius 3 is 2.51 bits per heavy atom. The number of nitrogens with zero attached hydrogens (tertiary/aromatic N) is 1. The summed E-state index contributed by atoms with van der Waals surface area (Å²) >= 11 is 17.5. The summed E-state index contributed by atoms with van der Waals surface area (Å²) in [5.41, 5.74) is 4.76. The molecule has 4 unspecified atom stereocenters. The molecule has 4 atom stereocenters. The predicted octanol–water partition coefficient (Wildman–Crippen LogP) is 7.92. The van der Waals surface area contributed by atoms with E-state index in [0.717, 1.165) is 76.2 Å². The number of nitrogens with one attached hydrogen (secondary N) is 4. The van der Waals surface area contributed by atoms with E-state index >= 15 is 0 Å². The van der Waals surface area contributed by atoms with Crippen molar-refractivity contribution < 1.29 is 14.8 Å². The first-order chi connectivity index (χ1) is 20.7. The van der Waals surface area contributed by atoms with Crippen molar-refractivity contribution in [1.82, 2.24) is 10.6 Å². The first kappa shape index (κ1) is 31.9. The second kappa shape index (κ2) is 14.1. The van der Waals surface area contributed by atoms with E-state index in [0.29, 0.717) is 51.1 Å². The molecule has 3 aliphatic rings. The van der Waals surface area contributed by atoms with Gasteiger partial charge in [0.25, 0.3) is 5.91 Å². The Hall–Kier alpha value is -2.46. The number of benzene rings is 2. The third-order valence-corrected chi connectivity index (χ3v) is 10.6. The van der Waals surface area contributed by atoms with Crippen molar-refractivity contribution in [2.24, 2.45) is 21.6 Å². The lowest BCUT2D eigenvalue weighted by molar-refractivity contribution is -0.133. The molecule has 0 radical (unpaired) electrons. The van der Waals surface area contributed by atoms with E-state index in [2.05, 4.69) is 32.7 Å². The van der Waals surface area contributed by atoms with Crippen LogP contribution in [-0.2, 0) is 23.8 Å². The zero-order chi connectivity index (χ0) is 30.6. The average molecular weight is 647 g/mol. The molecule has 8 nitrogen and oxygen atoms in total. The van der Waals surface area contributed by atoms with E-state index in [9.17, 15) is 14.8 Å². The van der Waals surface area contributed by atoms with Crippen LogP contribution in [-0.4, -0.2) is 29.1 Å². The summed E-state index contributed by atoms with van der Waals surface area (Å²) in [6.07, 6.45) is 11.2. The SMILES string of the molecule is CC1(C(=O)NCc2ccc(Cl)c(N=S)c2)CCCC(C2CCC(Nc3cc(Cl)c(C(=O)NC4CCCC4)cc3NO)C2)C1. The zero-order valence-electron chi connectivity index (χ0n) is 24.6. The number of amides is 2. The summed E-state index contributed by atoms with van der Waals surface area (Å²) in [5.74, 6) is 0.852. The number of rotatable bonds is 10. The van der Waals surface area contributed by atoms with Crippen LogP contribution >= 0.6 is 23.2 Å². The van der Waals surface area contributed by atoms with E-state index in [-0.39, 0.29) is 23.9 Å². The minimum Gasteiger partial charge on any atom is -0.381 e. The maximum absolute atomic E-state index is 13.4. The highest BCUT2D eigenvalue weighted by molar-refractivity contribution is 7.47. The standard InChI is InChI=1S/C32H41Cl2N5O3S/c1-32(31(41)35-18-19-8-11-25(33)27(13-19)39-43)12-4-5-21(17-32)20-9-10-23(14-20)36-28-16-26(34)24(15-29(28)38-42)30(40)37-22-6-2-3-7-22/h8,11,13,15-16,20-23,36,38,42H,2-7,9-10,12,14,17-18H2,1H3,(H,35,41)(H,37,40). The van der Waals surface area contributed by atoms with Crippen LogP contribution in [0.1, 0.15) is 93.5 Å².